The summed E-state index contributed by atoms with van der Waals surface area (Å²) in [5, 5.41) is 4.99. The van der Waals surface area contributed by atoms with Crippen LogP contribution in [0.25, 0.3) is 28.2 Å². The highest BCUT2D eigenvalue weighted by molar-refractivity contribution is 9.10. The Morgan fingerprint density at radius 2 is 1.47 bits per heavy atom. The molecule has 0 bridgehead atoms. The Morgan fingerprint density at radius 1 is 0.806 bits per heavy atom. The predicted octanol–water partition coefficient (Wildman–Crippen LogP) is 7.99. The van der Waals surface area contributed by atoms with E-state index < -0.39 is 0 Å². The van der Waals surface area contributed by atoms with E-state index in [1.807, 2.05) is 72.8 Å². The Hall–Kier alpha value is -3.93. The van der Waals surface area contributed by atoms with Crippen molar-refractivity contribution in [3.05, 3.63) is 136 Å². The van der Waals surface area contributed by atoms with Crippen LogP contribution in [0.2, 0.25) is 5.02 Å². The van der Waals surface area contributed by atoms with Crippen LogP contribution in [-0.4, -0.2) is 16.7 Å². The molecule has 1 N–H and O–H groups in total. The zero-order valence-electron chi connectivity index (χ0n) is 19.1. The number of hydrogen-bond donors (Lipinski definition) is 1. The number of nitrogens with zero attached hydrogens (tertiary/aromatic N) is 2. The zero-order chi connectivity index (χ0) is 24.9. The van der Waals surface area contributed by atoms with Gasteiger partial charge in [0.15, 0.2) is 0 Å². The minimum Gasteiger partial charge on any atom is -0.309 e. The zero-order valence-corrected chi connectivity index (χ0v) is 21.4. The van der Waals surface area contributed by atoms with Crippen LogP contribution >= 0.6 is 27.5 Å². The fourth-order valence-corrected chi connectivity index (χ4v) is 4.58. The SMILES string of the molecule is O=C(N/N=C/c1cc(-c2ccccc2)n(-c2ccc(Cl)cc2)c1-c1ccccc1)c1cccc(Br)c1. The average Bonchev–Trinajstić information content (AvgIpc) is 3.29. The number of carbonyl (C=O) groups is 1. The Balaban J connectivity index is 1.63. The summed E-state index contributed by atoms with van der Waals surface area (Å²) in [4.78, 5) is 12.6. The molecule has 36 heavy (non-hydrogen) atoms. The third-order valence-electron chi connectivity index (χ3n) is 5.69. The molecule has 6 heteroatoms. The van der Waals surface area contributed by atoms with Crippen molar-refractivity contribution >= 4 is 39.7 Å². The van der Waals surface area contributed by atoms with Crippen LogP contribution in [0.4, 0.5) is 0 Å². The number of halogens is 2. The monoisotopic (exact) mass is 553 g/mol. The molecular weight excluding hydrogens is 534 g/mol. The summed E-state index contributed by atoms with van der Waals surface area (Å²) in [5.74, 6) is -0.283. The van der Waals surface area contributed by atoms with Crippen molar-refractivity contribution in [3.8, 4) is 28.2 Å². The molecule has 0 fully saturated rings. The lowest BCUT2D eigenvalue weighted by molar-refractivity contribution is 0.0955. The molecule has 4 aromatic carbocycles. The summed E-state index contributed by atoms with van der Waals surface area (Å²) in [7, 11) is 0. The molecule has 1 amide bonds. The maximum absolute atomic E-state index is 12.6. The molecule has 0 saturated carbocycles. The van der Waals surface area contributed by atoms with E-state index >= 15 is 0 Å². The molecule has 5 rings (SSSR count). The molecule has 1 heterocycles. The second kappa shape index (κ2) is 10.8. The molecule has 0 radical (unpaired) electrons. The van der Waals surface area contributed by atoms with E-state index in [1.54, 1.807) is 18.3 Å². The van der Waals surface area contributed by atoms with Gasteiger partial charge in [-0.1, -0.05) is 94.3 Å². The number of hydrazone groups is 1. The largest absolute Gasteiger partial charge is 0.309 e. The third kappa shape index (κ3) is 5.18. The first-order valence-corrected chi connectivity index (χ1v) is 12.5. The first kappa shape index (κ1) is 23.8. The summed E-state index contributed by atoms with van der Waals surface area (Å²) in [6, 6.07) is 37.3. The van der Waals surface area contributed by atoms with E-state index in [0.717, 1.165) is 38.2 Å². The summed E-state index contributed by atoms with van der Waals surface area (Å²) < 4.78 is 3.02. The lowest BCUT2D eigenvalue weighted by Crippen LogP contribution is -2.17. The molecule has 1 aromatic heterocycles. The van der Waals surface area contributed by atoms with E-state index in [0.29, 0.717) is 10.6 Å². The molecule has 0 spiro atoms. The first-order chi connectivity index (χ1) is 17.6. The number of benzene rings is 4. The van der Waals surface area contributed by atoms with Gasteiger partial charge in [0.2, 0.25) is 0 Å². The molecule has 0 atom stereocenters. The molecule has 0 aliphatic heterocycles. The molecular formula is C30H21BrClN3O. The maximum atomic E-state index is 12.6. The number of rotatable bonds is 6. The molecule has 0 aliphatic carbocycles. The highest BCUT2D eigenvalue weighted by atomic mass is 79.9. The van der Waals surface area contributed by atoms with Gasteiger partial charge in [0, 0.05) is 26.3 Å². The van der Waals surface area contributed by atoms with Gasteiger partial charge in [-0.25, -0.2) is 5.43 Å². The predicted molar refractivity (Wildman–Crippen MR) is 151 cm³/mol. The van der Waals surface area contributed by atoms with Gasteiger partial charge in [-0.3, -0.25) is 4.79 Å². The summed E-state index contributed by atoms with van der Waals surface area (Å²) >= 11 is 9.60. The Kier molecular flexibility index (Phi) is 7.12. The average molecular weight is 555 g/mol. The molecule has 4 nitrogen and oxygen atoms in total. The lowest BCUT2D eigenvalue weighted by Gasteiger charge is -2.15. The second-order valence-corrected chi connectivity index (χ2v) is 9.44. The van der Waals surface area contributed by atoms with Crippen LogP contribution in [0.1, 0.15) is 15.9 Å². The van der Waals surface area contributed by atoms with Gasteiger partial charge in [0.25, 0.3) is 5.91 Å². The molecule has 176 valence electrons. The highest BCUT2D eigenvalue weighted by Crippen LogP contribution is 2.35. The van der Waals surface area contributed by atoms with E-state index in [4.69, 9.17) is 11.6 Å². The summed E-state index contributed by atoms with van der Waals surface area (Å²) in [6.07, 6.45) is 1.69. The van der Waals surface area contributed by atoms with Crippen LogP contribution in [0, 0.1) is 0 Å². The van der Waals surface area contributed by atoms with E-state index in [-0.39, 0.29) is 5.91 Å². The van der Waals surface area contributed by atoms with Crippen molar-refractivity contribution in [2.24, 2.45) is 5.10 Å². The van der Waals surface area contributed by atoms with Crippen molar-refractivity contribution in [3.63, 3.8) is 0 Å². The number of aromatic nitrogens is 1. The fraction of sp³-hybridized carbons (Fsp3) is 0. The van der Waals surface area contributed by atoms with Crippen LogP contribution in [0.15, 0.2) is 125 Å². The lowest BCUT2D eigenvalue weighted by atomic mass is 10.1. The maximum Gasteiger partial charge on any atom is 0.271 e. The van der Waals surface area contributed by atoms with Gasteiger partial charge in [-0.15, -0.1) is 0 Å². The topological polar surface area (TPSA) is 46.4 Å². The Labute approximate surface area is 223 Å². The minimum absolute atomic E-state index is 0.283. The van der Waals surface area contributed by atoms with Crippen LogP contribution in [0.3, 0.4) is 0 Å². The number of carbonyl (C=O) groups excluding carboxylic acids is 1. The van der Waals surface area contributed by atoms with Crippen molar-refractivity contribution in [2.45, 2.75) is 0 Å². The normalized spacial score (nSPS) is 11.1. The standard InChI is InChI=1S/C30H21BrClN3O/c31-25-13-7-12-23(18-25)30(36)34-33-20-24-19-28(21-8-3-1-4-9-21)35(27-16-14-26(32)15-17-27)29(24)22-10-5-2-6-11-22/h1-20H,(H,34,36)/b33-20+. The number of amides is 1. The number of nitrogens with one attached hydrogen (secondary N) is 1. The third-order valence-corrected chi connectivity index (χ3v) is 6.43. The second-order valence-electron chi connectivity index (χ2n) is 8.09. The van der Waals surface area contributed by atoms with Crippen LogP contribution < -0.4 is 5.43 Å². The molecule has 0 unspecified atom stereocenters. The molecule has 0 saturated heterocycles. The summed E-state index contributed by atoms with van der Waals surface area (Å²) in [5.41, 5.74) is 9.04. The molecule has 0 aliphatic rings. The van der Waals surface area contributed by atoms with Crippen molar-refractivity contribution in [1.29, 1.82) is 0 Å². The van der Waals surface area contributed by atoms with Gasteiger partial charge < -0.3 is 4.57 Å². The minimum atomic E-state index is -0.283. The van der Waals surface area contributed by atoms with Crippen molar-refractivity contribution in [2.75, 3.05) is 0 Å². The highest BCUT2D eigenvalue weighted by Gasteiger charge is 2.18. The van der Waals surface area contributed by atoms with Gasteiger partial charge >= 0.3 is 0 Å². The van der Waals surface area contributed by atoms with Gasteiger partial charge in [-0.05, 0) is 59.7 Å². The van der Waals surface area contributed by atoms with Crippen molar-refractivity contribution in [1.82, 2.24) is 9.99 Å². The Bertz CT molecular complexity index is 1530. The van der Waals surface area contributed by atoms with Crippen LogP contribution in [0.5, 0.6) is 0 Å². The van der Waals surface area contributed by atoms with E-state index in [9.17, 15) is 4.79 Å². The van der Waals surface area contributed by atoms with E-state index in [1.165, 1.54) is 0 Å². The smallest absolute Gasteiger partial charge is 0.271 e. The van der Waals surface area contributed by atoms with Gasteiger partial charge in [0.05, 0.1) is 17.6 Å². The molecule has 5 aromatic rings. The Morgan fingerprint density at radius 3 is 2.14 bits per heavy atom. The number of hydrogen-bond acceptors (Lipinski definition) is 2. The fourth-order valence-electron chi connectivity index (χ4n) is 4.05. The summed E-state index contributed by atoms with van der Waals surface area (Å²) in [6.45, 7) is 0. The van der Waals surface area contributed by atoms with Gasteiger partial charge in [-0.2, -0.15) is 5.10 Å². The van der Waals surface area contributed by atoms with Crippen molar-refractivity contribution < 1.29 is 4.79 Å². The van der Waals surface area contributed by atoms with E-state index in [2.05, 4.69) is 61.4 Å². The van der Waals surface area contributed by atoms with Crippen LogP contribution in [-0.2, 0) is 0 Å². The first-order valence-electron chi connectivity index (χ1n) is 11.3. The van der Waals surface area contributed by atoms with Gasteiger partial charge in [0.1, 0.15) is 0 Å². The quantitative estimate of drug-likeness (QED) is 0.168.